The average molecular weight is 312 g/mol. The highest BCUT2D eigenvalue weighted by molar-refractivity contribution is 5.95. The predicted molar refractivity (Wildman–Crippen MR) is 87.8 cm³/mol. The Kier molecular flexibility index (Phi) is 4.39. The van der Waals surface area contributed by atoms with Crippen molar-refractivity contribution < 1.29 is 14.3 Å². The molecule has 4 nitrogen and oxygen atoms in total. The minimum Gasteiger partial charge on any atom is -0.396 e. The first kappa shape index (κ1) is 15.2. The van der Waals surface area contributed by atoms with Crippen LogP contribution in [0.2, 0.25) is 0 Å². The van der Waals surface area contributed by atoms with Gasteiger partial charge in [-0.2, -0.15) is 0 Å². The van der Waals surface area contributed by atoms with Gasteiger partial charge in [-0.15, -0.1) is 0 Å². The van der Waals surface area contributed by atoms with Crippen molar-refractivity contribution in [1.29, 1.82) is 0 Å². The van der Waals surface area contributed by atoms with Crippen molar-refractivity contribution in [2.75, 3.05) is 11.9 Å². The Hall–Kier alpha value is -2.66. The summed E-state index contributed by atoms with van der Waals surface area (Å²) in [4.78, 5) is 15.1. The van der Waals surface area contributed by atoms with Gasteiger partial charge in [-0.1, -0.05) is 12.1 Å². The molecule has 0 spiro atoms. The van der Waals surface area contributed by atoms with E-state index in [1.54, 1.807) is 12.3 Å². The fourth-order valence-electron chi connectivity index (χ4n) is 2.57. The number of hydrogen-bond acceptors (Lipinski definition) is 2. The number of aliphatic hydroxyl groups excluding tert-OH is 1. The average Bonchev–Trinajstić information content (AvgIpc) is 2.91. The summed E-state index contributed by atoms with van der Waals surface area (Å²) in [6, 6.07) is 11.9. The number of amides is 1. The second-order valence-corrected chi connectivity index (χ2v) is 5.40. The molecule has 0 unspecified atom stereocenters. The normalized spacial score (nSPS) is 10.9. The molecule has 23 heavy (non-hydrogen) atoms. The SMILES string of the molecule is O=C(Cc1c[nH]c2cc(F)ccc12)Nc1ccc(CCO)cc1. The number of benzene rings is 2. The largest absolute Gasteiger partial charge is 0.396 e. The van der Waals surface area contributed by atoms with E-state index >= 15 is 0 Å². The number of fused-ring (bicyclic) bond motifs is 1. The van der Waals surface area contributed by atoms with Gasteiger partial charge in [0, 0.05) is 29.4 Å². The minimum absolute atomic E-state index is 0.104. The van der Waals surface area contributed by atoms with Crippen LogP contribution in [-0.4, -0.2) is 22.6 Å². The van der Waals surface area contributed by atoms with Crippen molar-refractivity contribution in [3.8, 4) is 0 Å². The number of anilines is 1. The third kappa shape index (κ3) is 3.57. The number of carbonyl (C=O) groups is 1. The number of aromatic amines is 1. The summed E-state index contributed by atoms with van der Waals surface area (Å²) in [7, 11) is 0. The summed E-state index contributed by atoms with van der Waals surface area (Å²) in [5.74, 6) is -0.441. The van der Waals surface area contributed by atoms with Crippen molar-refractivity contribution in [1.82, 2.24) is 4.98 Å². The van der Waals surface area contributed by atoms with Gasteiger partial charge in [-0.3, -0.25) is 4.79 Å². The number of hydrogen-bond donors (Lipinski definition) is 3. The Balaban J connectivity index is 1.68. The van der Waals surface area contributed by atoms with Gasteiger partial charge < -0.3 is 15.4 Å². The Bertz CT molecular complexity index is 825. The number of aromatic nitrogens is 1. The van der Waals surface area contributed by atoms with Gasteiger partial charge in [0.1, 0.15) is 5.82 Å². The number of carbonyl (C=O) groups excluding carboxylic acids is 1. The molecule has 0 saturated heterocycles. The Labute approximate surface area is 133 Å². The molecule has 0 saturated carbocycles. The lowest BCUT2D eigenvalue weighted by atomic mass is 10.1. The molecule has 2 aromatic carbocycles. The highest BCUT2D eigenvalue weighted by Crippen LogP contribution is 2.20. The lowest BCUT2D eigenvalue weighted by Gasteiger charge is -2.06. The van der Waals surface area contributed by atoms with Gasteiger partial charge in [-0.25, -0.2) is 4.39 Å². The number of aliphatic hydroxyl groups is 1. The maximum absolute atomic E-state index is 13.2. The molecule has 0 aliphatic rings. The molecule has 0 atom stereocenters. The number of H-pyrrole nitrogens is 1. The highest BCUT2D eigenvalue weighted by Gasteiger charge is 2.09. The van der Waals surface area contributed by atoms with Crippen LogP contribution in [0.25, 0.3) is 10.9 Å². The van der Waals surface area contributed by atoms with Crippen molar-refractivity contribution >= 4 is 22.5 Å². The summed E-state index contributed by atoms with van der Waals surface area (Å²) in [6.07, 6.45) is 2.54. The van der Waals surface area contributed by atoms with E-state index in [1.807, 2.05) is 24.3 Å². The van der Waals surface area contributed by atoms with Crippen LogP contribution in [-0.2, 0) is 17.6 Å². The van der Waals surface area contributed by atoms with Crippen LogP contribution in [0.15, 0.2) is 48.7 Å². The topological polar surface area (TPSA) is 65.1 Å². The highest BCUT2D eigenvalue weighted by atomic mass is 19.1. The zero-order chi connectivity index (χ0) is 16.2. The summed E-state index contributed by atoms with van der Waals surface area (Å²) >= 11 is 0. The van der Waals surface area contributed by atoms with Crippen molar-refractivity contribution in [2.45, 2.75) is 12.8 Å². The molecule has 1 aromatic heterocycles. The van der Waals surface area contributed by atoms with Crippen LogP contribution in [0.3, 0.4) is 0 Å². The zero-order valence-electron chi connectivity index (χ0n) is 12.5. The number of nitrogens with one attached hydrogen (secondary N) is 2. The van der Waals surface area contributed by atoms with E-state index in [4.69, 9.17) is 5.11 Å². The van der Waals surface area contributed by atoms with Crippen molar-refractivity contribution in [2.24, 2.45) is 0 Å². The second-order valence-electron chi connectivity index (χ2n) is 5.40. The molecule has 1 amide bonds. The van der Waals surface area contributed by atoms with Gasteiger partial charge in [0.15, 0.2) is 0 Å². The van der Waals surface area contributed by atoms with Gasteiger partial charge in [0.25, 0.3) is 0 Å². The third-order valence-corrected chi connectivity index (χ3v) is 3.72. The smallest absolute Gasteiger partial charge is 0.228 e. The molecule has 5 heteroatoms. The number of rotatable bonds is 5. The summed E-state index contributed by atoms with van der Waals surface area (Å²) in [5.41, 5.74) is 3.24. The molecule has 0 radical (unpaired) electrons. The monoisotopic (exact) mass is 312 g/mol. The Morgan fingerprint density at radius 2 is 1.96 bits per heavy atom. The van der Waals surface area contributed by atoms with E-state index in [9.17, 15) is 9.18 Å². The molecular formula is C18H17FN2O2. The van der Waals surface area contributed by atoms with E-state index in [-0.39, 0.29) is 24.8 Å². The summed E-state index contributed by atoms with van der Waals surface area (Å²) in [5, 5.41) is 12.6. The fourth-order valence-corrected chi connectivity index (χ4v) is 2.57. The quantitative estimate of drug-likeness (QED) is 0.678. The van der Waals surface area contributed by atoms with Crippen LogP contribution in [0.4, 0.5) is 10.1 Å². The van der Waals surface area contributed by atoms with Gasteiger partial charge in [0.2, 0.25) is 5.91 Å². The molecule has 1 heterocycles. The first-order chi connectivity index (χ1) is 11.2. The molecule has 0 aliphatic carbocycles. The lowest BCUT2D eigenvalue weighted by molar-refractivity contribution is -0.115. The van der Waals surface area contributed by atoms with E-state index < -0.39 is 0 Å². The minimum atomic E-state index is -0.307. The molecular weight excluding hydrogens is 295 g/mol. The molecule has 3 aromatic rings. The maximum atomic E-state index is 13.2. The second kappa shape index (κ2) is 6.62. The van der Waals surface area contributed by atoms with Gasteiger partial charge in [-0.05, 0) is 47.9 Å². The third-order valence-electron chi connectivity index (χ3n) is 3.72. The van der Waals surface area contributed by atoms with Crippen LogP contribution < -0.4 is 5.32 Å². The molecule has 3 N–H and O–H groups in total. The van der Waals surface area contributed by atoms with E-state index in [2.05, 4.69) is 10.3 Å². The van der Waals surface area contributed by atoms with Crippen LogP contribution >= 0.6 is 0 Å². The fraction of sp³-hybridized carbons (Fsp3) is 0.167. The predicted octanol–water partition coefficient (Wildman–Crippen LogP) is 3.02. The number of halogens is 1. The van der Waals surface area contributed by atoms with E-state index in [0.29, 0.717) is 17.6 Å². The van der Waals surface area contributed by atoms with Crippen LogP contribution in [0.5, 0.6) is 0 Å². The van der Waals surface area contributed by atoms with E-state index in [0.717, 1.165) is 16.5 Å². The van der Waals surface area contributed by atoms with Crippen molar-refractivity contribution in [3.63, 3.8) is 0 Å². The van der Waals surface area contributed by atoms with Crippen molar-refractivity contribution in [3.05, 3.63) is 65.6 Å². The standard InChI is InChI=1S/C18H17FN2O2/c19-14-3-6-16-13(11-20-17(16)10-14)9-18(23)21-15-4-1-12(2-5-15)7-8-22/h1-6,10-11,20,22H,7-9H2,(H,21,23). The first-order valence-corrected chi connectivity index (χ1v) is 7.41. The Morgan fingerprint density at radius 1 is 1.17 bits per heavy atom. The van der Waals surface area contributed by atoms with Gasteiger partial charge >= 0.3 is 0 Å². The summed E-state index contributed by atoms with van der Waals surface area (Å²) < 4.78 is 13.2. The zero-order valence-corrected chi connectivity index (χ0v) is 12.5. The molecule has 0 aliphatic heterocycles. The lowest BCUT2D eigenvalue weighted by Crippen LogP contribution is -2.14. The molecule has 3 rings (SSSR count). The molecule has 0 bridgehead atoms. The molecule has 118 valence electrons. The maximum Gasteiger partial charge on any atom is 0.228 e. The first-order valence-electron chi connectivity index (χ1n) is 7.41. The molecule has 0 fully saturated rings. The van der Waals surface area contributed by atoms with Crippen LogP contribution in [0.1, 0.15) is 11.1 Å². The van der Waals surface area contributed by atoms with Gasteiger partial charge in [0.05, 0.1) is 6.42 Å². The Morgan fingerprint density at radius 3 is 2.70 bits per heavy atom. The van der Waals surface area contributed by atoms with E-state index in [1.165, 1.54) is 12.1 Å². The van der Waals surface area contributed by atoms with Crippen LogP contribution in [0, 0.1) is 5.82 Å². The summed E-state index contributed by atoms with van der Waals surface area (Å²) in [6.45, 7) is 0.104.